The van der Waals surface area contributed by atoms with Gasteiger partial charge in [-0.15, -0.1) is 11.8 Å². The van der Waals surface area contributed by atoms with Crippen molar-refractivity contribution < 1.29 is 0 Å². The first kappa shape index (κ1) is 14.0. The minimum Gasteiger partial charge on any atom is -0.238 e. The molecule has 0 spiro atoms. The van der Waals surface area contributed by atoms with Crippen LogP contribution in [0.15, 0.2) is 65.6 Å². The van der Waals surface area contributed by atoms with Crippen molar-refractivity contribution in [3.63, 3.8) is 0 Å². The van der Waals surface area contributed by atoms with Gasteiger partial charge in [0.25, 0.3) is 0 Å². The van der Waals surface area contributed by atoms with E-state index in [1.807, 2.05) is 40.7 Å². The highest BCUT2D eigenvalue weighted by atomic mass is 32.2. The van der Waals surface area contributed by atoms with E-state index in [-0.39, 0.29) is 0 Å². The topological polar surface area (TPSA) is 17.8 Å². The van der Waals surface area contributed by atoms with Gasteiger partial charge in [-0.3, -0.25) is 0 Å². The number of nitrogens with zero attached hydrogens (tertiary/aromatic N) is 2. The fourth-order valence-electron chi connectivity index (χ4n) is 2.38. The third-order valence-electron chi connectivity index (χ3n) is 3.57. The molecule has 0 unspecified atom stereocenters. The summed E-state index contributed by atoms with van der Waals surface area (Å²) in [4.78, 5) is 1.30. The van der Waals surface area contributed by atoms with Crippen LogP contribution in [0.4, 0.5) is 0 Å². The standard InChI is InChI=1S/C18H18N2S/c1-14-18(13-21-17-11-7-4-8-12-17)15(2)20(19-14)16-9-5-3-6-10-16/h3-12H,13H2,1-2H3. The quantitative estimate of drug-likeness (QED) is 0.644. The zero-order chi connectivity index (χ0) is 14.7. The van der Waals surface area contributed by atoms with E-state index in [1.165, 1.54) is 16.2 Å². The molecule has 3 heteroatoms. The summed E-state index contributed by atoms with van der Waals surface area (Å²) in [5.74, 6) is 0.953. The summed E-state index contributed by atoms with van der Waals surface area (Å²) in [5.41, 5.74) is 4.78. The first-order valence-electron chi connectivity index (χ1n) is 7.04. The summed E-state index contributed by atoms with van der Waals surface area (Å²) >= 11 is 1.86. The van der Waals surface area contributed by atoms with Gasteiger partial charge in [0.1, 0.15) is 0 Å². The van der Waals surface area contributed by atoms with Crippen molar-refractivity contribution in [1.82, 2.24) is 9.78 Å². The van der Waals surface area contributed by atoms with Gasteiger partial charge in [-0.1, -0.05) is 36.4 Å². The van der Waals surface area contributed by atoms with Gasteiger partial charge in [0, 0.05) is 21.9 Å². The molecule has 2 aromatic carbocycles. The summed E-state index contributed by atoms with van der Waals surface area (Å²) in [5, 5.41) is 4.70. The fourth-order valence-corrected chi connectivity index (χ4v) is 3.46. The molecule has 3 aromatic rings. The molecule has 0 saturated heterocycles. The van der Waals surface area contributed by atoms with Gasteiger partial charge in [-0.2, -0.15) is 5.10 Å². The van der Waals surface area contributed by atoms with Crippen molar-refractivity contribution in [3.05, 3.63) is 77.6 Å². The molecule has 0 aliphatic heterocycles. The highest BCUT2D eigenvalue weighted by molar-refractivity contribution is 7.98. The normalized spacial score (nSPS) is 10.8. The monoisotopic (exact) mass is 294 g/mol. The van der Waals surface area contributed by atoms with Gasteiger partial charge in [-0.25, -0.2) is 4.68 Å². The smallest absolute Gasteiger partial charge is 0.0648 e. The molecule has 21 heavy (non-hydrogen) atoms. The molecule has 0 aliphatic rings. The van der Waals surface area contributed by atoms with E-state index in [0.717, 1.165) is 17.1 Å². The van der Waals surface area contributed by atoms with Crippen LogP contribution in [-0.2, 0) is 5.75 Å². The van der Waals surface area contributed by atoms with Gasteiger partial charge in [-0.05, 0) is 38.1 Å². The Morgan fingerprint density at radius 3 is 2.19 bits per heavy atom. The number of aryl methyl sites for hydroxylation is 1. The van der Waals surface area contributed by atoms with E-state index in [9.17, 15) is 0 Å². The van der Waals surface area contributed by atoms with Crippen LogP contribution in [0.5, 0.6) is 0 Å². The number of aromatic nitrogens is 2. The SMILES string of the molecule is Cc1nn(-c2ccccc2)c(C)c1CSc1ccccc1. The van der Waals surface area contributed by atoms with E-state index in [2.05, 4.69) is 50.2 Å². The molecule has 1 heterocycles. The van der Waals surface area contributed by atoms with Gasteiger partial charge in [0.05, 0.1) is 11.4 Å². The van der Waals surface area contributed by atoms with Crippen LogP contribution in [0.25, 0.3) is 5.69 Å². The summed E-state index contributed by atoms with van der Waals surface area (Å²) < 4.78 is 2.04. The van der Waals surface area contributed by atoms with Crippen LogP contribution in [0.2, 0.25) is 0 Å². The second-order valence-corrected chi connectivity index (χ2v) is 6.05. The van der Waals surface area contributed by atoms with Crippen LogP contribution >= 0.6 is 11.8 Å². The molecule has 1 aromatic heterocycles. The predicted octanol–water partition coefficient (Wildman–Crippen LogP) is 4.78. The number of hydrogen-bond acceptors (Lipinski definition) is 2. The molecule has 0 amide bonds. The Labute approximate surface area is 129 Å². The molecular weight excluding hydrogens is 276 g/mol. The molecule has 0 bridgehead atoms. The van der Waals surface area contributed by atoms with E-state index in [0.29, 0.717) is 0 Å². The number of rotatable bonds is 4. The summed E-state index contributed by atoms with van der Waals surface area (Å²) in [6.45, 7) is 4.24. The summed E-state index contributed by atoms with van der Waals surface area (Å²) in [6.07, 6.45) is 0. The highest BCUT2D eigenvalue weighted by Gasteiger charge is 2.12. The van der Waals surface area contributed by atoms with Crippen molar-refractivity contribution in [2.45, 2.75) is 24.5 Å². The molecule has 3 rings (SSSR count). The zero-order valence-corrected chi connectivity index (χ0v) is 13.1. The Bertz CT molecular complexity index is 718. The maximum absolute atomic E-state index is 4.70. The lowest BCUT2D eigenvalue weighted by Gasteiger charge is -2.05. The lowest BCUT2D eigenvalue weighted by Crippen LogP contribution is -1.98. The van der Waals surface area contributed by atoms with Gasteiger partial charge >= 0.3 is 0 Å². The third kappa shape index (κ3) is 3.03. The van der Waals surface area contributed by atoms with Gasteiger partial charge in [0.2, 0.25) is 0 Å². The fraction of sp³-hybridized carbons (Fsp3) is 0.167. The second kappa shape index (κ2) is 6.19. The number of para-hydroxylation sites is 1. The molecule has 0 fully saturated rings. The van der Waals surface area contributed by atoms with Crippen molar-refractivity contribution in [2.24, 2.45) is 0 Å². The van der Waals surface area contributed by atoms with Crippen LogP contribution < -0.4 is 0 Å². The largest absolute Gasteiger partial charge is 0.238 e. The molecule has 0 N–H and O–H groups in total. The van der Waals surface area contributed by atoms with Crippen molar-refractivity contribution >= 4 is 11.8 Å². The molecule has 0 aliphatic carbocycles. The summed E-state index contributed by atoms with van der Waals surface area (Å²) in [7, 11) is 0. The molecule has 0 saturated carbocycles. The average Bonchev–Trinajstić information content (AvgIpc) is 2.82. The van der Waals surface area contributed by atoms with Crippen LogP contribution in [-0.4, -0.2) is 9.78 Å². The summed E-state index contributed by atoms with van der Waals surface area (Å²) in [6, 6.07) is 20.8. The maximum atomic E-state index is 4.70. The van der Waals surface area contributed by atoms with Crippen molar-refractivity contribution in [3.8, 4) is 5.69 Å². The van der Waals surface area contributed by atoms with Gasteiger partial charge < -0.3 is 0 Å². The Kier molecular flexibility index (Phi) is 4.11. The zero-order valence-electron chi connectivity index (χ0n) is 12.3. The Balaban J connectivity index is 1.85. The first-order valence-corrected chi connectivity index (χ1v) is 8.02. The third-order valence-corrected chi connectivity index (χ3v) is 4.61. The molecule has 0 atom stereocenters. The number of hydrogen-bond donors (Lipinski definition) is 0. The molecule has 106 valence electrons. The highest BCUT2D eigenvalue weighted by Crippen LogP contribution is 2.27. The molecule has 0 radical (unpaired) electrons. The lowest BCUT2D eigenvalue weighted by atomic mass is 10.2. The number of thioether (sulfide) groups is 1. The first-order chi connectivity index (χ1) is 10.3. The van der Waals surface area contributed by atoms with Crippen LogP contribution in [0.3, 0.4) is 0 Å². The van der Waals surface area contributed by atoms with E-state index < -0.39 is 0 Å². The minimum atomic E-state index is 0.953. The Hall–Kier alpha value is -2.00. The Morgan fingerprint density at radius 2 is 1.52 bits per heavy atom. The Morgan fingerprint density at radius 1 is 0.905 bits per heavy atom. The van der Waals surface area contributed by atoms with E-state index in [1.54, 1.807) is 0 Å². The average molecular weight is 294 g/mol. The van der Waals surface area contributed by atoms with Crippen LogP contribution in [0.1, 0.15) is 17.0 Å². The number of benzene rings is 2. The molecular formula is C18H18N2S. The predicted molar refractivity (Wildman–Crippen MR) is 89.0 cm³/mol. The van der Waals surface area contributed by atoms with Crippen molar-refractivity contribution in [2.75, 3.05) is 0 Å². The second-order valence-electron chi connectivity index (χ2n) is 5.00. The lowest BCUT2D eigenvalue weighted by molar-refractivity contribution is 0.833. The van der Waals surface area contributed by atoms with Crippen LogP contribution in [0, 0.1) is 13.8 Å². The minimum absolute atomic E-state index is 0.953. The maximum Gasteiger partial charge on any atom is 0.0648 e. The van der Waals surface area contributed by atoms with E-state index in [4.69, 9.17) is 5.10 Å². The van der Waals surface area contributed by atoms with Gasteiger partial charge in [0.15, 0.2) is 0 Å². The van der Waals surface area contributed by atoms with E-state index >= 15 is 0 Å². The van der Waals surface area contributed by atoms with Crippen molar-refractivity contribution in [1.29, 1.82) is 0 Å². The molecule has 2 nitrogen and oxygen atoms in total.